The first-order valence-electron chi connectivity index (χ1n) is 9.93. The van der Waals surface area contributed by atoms with Gasteiger partial charge in [0.1, 0.15) is 0 Å². The van der Waals surface area contributed by atoms with E-state index in [1.807, 2.05) is 12.2 Å². The number of rotatable bonds is 8. The molecule has 0 aromatic heterocycles. The molecule has 3 heteroatoms. The molecule has 0 radical (unpaired) electrons. The van der Waals surface area contributed by atoms with Gasteiger partial charge in [0.25, 0.3) is 0 Å². The van der Waals surface area contributed by atoms with Gasteiger partial charge in [0.2, 0.25) is 0 Å². The van der Waals surface area contributed by atoms with Crippen molar-refractivity contribution >= 4 is 0 Å². The van der Waals surface area contributed by atoms with E-state index in [2.05, 4.69) is 38.8 Å². The van der Waals surface area contributed by atoms with Crippen LogP contribution in [0.3, 0.4) is 0 Å². The lowest BCUT2D eigenvalue weighted by atomic mass is 9.75. The maximum Gasteiger partial charge on any atom is 0.0900 e. The van der Waals surface area contributed by atoms with Crippen LogP contribution in [0.5, 0.6) is 0 Å². The number of allylic oxidation sites excluding steroid dienone is 1. The summed E-state index contributed by atoms with van der Waals surface area (Å²) in [5.74, 6) is 2.01. The molecule has 1 fully saturated rings. The Labute approximate surface area is 154 Å². The summed E-state index contributed by atoms with van der Waals surface area (Å²) in [4.78, 5) is 2.29. The molecule has 0 amide bonds. The van der Waals surface area contributed by atoms with E-state index in [4.69, 9.17) is 4.74 Å². The van der Waals surface area contributed by atoms with E-state index in [-0.39, 0.29) is 0 Å². The van der Waals surface area contributed by atoms with Crippen molar-refractivity contribution in [3.05, 3.63) is 36.5 Å². The molecule has 0 bridgehead atoms. The van der Waals surface area contributed by atoms with Gasteiger partial charge in [-0.25, -0.2) is 0 Å². The van der Waals surface area contributed by atoms with Crippen LogP contribution >= 0.6 is 0 Å². The first kappa shape index (κ1) is 20.4. The molecule has 142 valence electrons. The molecule has 0 aromatic carbocycles. The van der Waals surface area contributed by atoms with Crippen LogP contribution in [-0.4, -0.2) is 48.5 Å². The van der Waals surface area contributed by atoms with Crippen LogP contribution in [0, 0.1) is 17.8 Å². The molecule has 2 aliphatic rings. The molecule has 1 N–H and O–H groups in total. The number of ether oxygens (including phenoxy) is 1. The highest BCUT2D eigenvalue weighted by Gasteiger charge is 2.32. The first-order valence-corrected chi connectivity index (χ1v) is 9.93. The van der Waals surface area contributed by atoms with Gasteiger partial charge in [-0.15, -0.1) is 0 Å². The minimum Gasteiger partial charge on any atom is -0.389 e. The topological polar surface area (TPSA) is 32.7 Å². The third kappa shape index (κ3) is 5.80. The molecular weight excluding hydrogens is 310 g/mol. The fourth-order valence-electron chi connectivity index (χ4n) is 4.34. The van der Waals surface area contributed by atoms with Crippen molar-refractivity contribution in [2.75, 3.05) is 26.2 Å². The Kier molecular flexibility index (Phi) is 7.92. The van der Waals surface area contributed by atoms with Crippen LogP contribution in [0.2, 0.25) is 0 Å². The number of aliphatic hydroxyl groups is 1. The second-order valence-corrected chi connectivity index (χ2v) is 8.30. The first-order chi connectivity index (χ1) is 11.9. The minimum atomic E-state index is -0.429. The van der Waals surface area contributed by atoms with E-state index in [0.29, 0.717) is 31.1 Å². The van der Waals surface area contributed by atoms with Gasteiger partial charge in [-0.3, -0.25) is 4.90 Å². The van der Waals surface area contributed by atoms with E-state index in [1.165, 1.54) is 24.0 Å². The van der Waals surface area contributed by atoms with Gasteiger partial charge < -0.3 is 9.84 Å². The van der Waals surface area contributed by atoms with Crippen LogP contribution in [0.1, 0.15) is 46.5 Å². The van der Waals surface area contributed by atoms with Crippen LogP contribution in [0.4, 0.5) is 0 Å². The van der Waals surface area contributed by atoms with Gasteiger partial charge >= 0.3 is 0 Å². The highest BCUT2D eigenvalue weighted by molar-refractivity contribution is 5.34. The minimum absolute atomic E-state index is 0.302. The smallest absolute Gasteiger partial charge is 0.0900 e. The normalized spacial score (nSPS) is 29.7. The fraction of sp³-hybridized carbons (Fsp3) is 0.727. The number of aliphatic hydroxyl groups excluding tert-OH is 1. The predicted octanol–water partition coefficient (Wildman–Crippen LogP) is 4.20. The Bertz CT molecular complexity index is 482. The Morgan fingerprint density at radius 2 is 1.96 bits per heavy atom. The predicted molar refractivity (Wildman–Crippen MR) is 106 cm³/mol. The summed E-state index contributed by atoms with van der Waals surface area (Å²) in [7, 11) is 0. The molecule has 0 spiro atoms. The van der Waals surface area contributed by atoms with Gasteiger partial charge in [0.15, 0.2) is 0 Å². The van der Waals surface area contributed by atoms with Crippen LogP contribution < -0.4 is 0 Å². The van der Waals surface area contributed by atoms with E-state index in [1.54, 1.807) is 0 Å². The number of hydrogen-bond donors (Lipinski definition) is 1. The van der Waals surface area contributed by atoms with Gasteiger partial charge in [-0.05, 0) is 48.2 Å². The van der Waals surface area contributed by atoms with Crippen molar-refractivity contribution in [1.29, 1.82) is 0 Å². The lowest BCUT2D eigenvalue weighted by Gasteiger charge is -2.38. The van der Waals surface area contributed by atoms with E-state index >= 15 is 0 Å². The SMILES string of the molecule is C=CC1=C(C=C)CN(CC(O)COC2CC(C)CCC2C(C)C)CC1. The van der Waals surface area contributed by atoms with Crippen molar-refractivity contribution in [3.63, 3.8) is 0 Å². The van der Waals surface area contributed by atoms with Crippen molar-refractivity contribution in [3.8, 4) is 0 Å². The zero-order chi connectivity index (χ0) is 18.4. The average Bonchev–Trinajstić information content (AvgIpc) is 2.59. The Morgan fingerprint density at radius 3 is 2.60 bits per heavy atom. The van der Waals surface area contributed by atoms with Gasteiger partial charge in [0, 0.05) is 19.6 Å². The molecule has 4 unspecified atom stereocenters. The molecule has 1 heterocycles. The summed E-state index contributed by atoms with van der Waals surface area (Å²) in [5, 5.41) is 10.5. The molecule has 1 aliphatic heterocycles. The largest absolute Gasteiger partial charge is 0.389 e. The summed E-state index contributed by atoms with van der Waals surface area (Å²) in [6.07, 6.45) is 8.40. The zero-order valence-corrected chi connectivity index (χ0v) is 16.4. The summed E-state index contributed by atoms with van der Waals surface area (Å²) >= 11 is 0. The van der Waals surface area contributed by atoms with Gasteiger partial charge in [-0.1, -0.05) is 52.5 Å². The summed E-state index contributed by atoms with van der Waals surface area (Å²) in [6, 6.07) is 0. The van der Waals surface area contributed by atoms with Crippen molar-refractivity contribution in [2.45, 2.75) is 58.7 Å². The molecule has 3 nitrogen and oxygen atoms in total. The number of β-amino-alcohol motifs (C(OH)–C–C–N with tert-alkyl or cyclic N) is 1. The Hall–Kier alpha value is -0.900. The lowest BCUT2D eigenvalue weighted by molar-refractivity contribution is -0.0736. The molecule has 25 heavy (non-hydrogen) atoms. The van der Waals surface area contributed by atoms with Crippen LogP contribution in [-0.2, 0) is 4.74 Å². The fourth-order valence-corrected chi connectivity index (χ4v) is 4.34. The van der Waals surface area contributed by atoms with Crippen molar-refractivity contribution in [1.82, 2.24) is 4.90 Å². The monoisotopic (exact) mass is 347 g/mol. The lowest BCUT2D eigenvalue weighted by Crippen LogP contribution is -2.41. The highest BCUT2D eigenvalue weighted by Crippen LogP contribution is 2.35. The molecule has 2 rings (SSSR count). The van der Waals surface area contributed by atoms with Crippen molar-refractivity contribution in [2.24, 2.45) is 17.8 Å². The molecule has 0 aromatic rings. The second-order valence-electron chi connectivity index (χ2n) is 8.30. The Balaban J connectivity index is 1.82. The molecule has 1 aliphatic carbocycles. The van der Waals surface area contributed by atoms with Crippen LogP contribution in [0.15, 0.2) is 36.5 Å². The van der Waals surface area contributed by atoms with E-state index < -0.39 is 6.10 Å². The van der Waals surface area contributed by atoms with Gasteiger partial charge in [0.05, 0.1) is 18.8 Å². The van der Waals surface area contributed by atoms with E-state index in [0.717, 1.165) is 31.8 Å². The molecule has 4 atom stereocenters. The molecule has 0 saturated heterocycles. The summed E-state index contributed by atoms with van der Waals surface area (Å²) in [5.41, 5.74) is 2.52. The second kappa shape index (κ2) is 9.70. The quantitative estimate of drug-likeness (QED) is 0.714. The Morgan fingerprint density at radius 1 is 1.24 bits per heavy atom. The molecule has 1 saturated carbocycles. The average molecular weight is 348 g/mol. The summed E-state index contributed by atoms with van der Waals surface area (Å²) < 4.78 is 6.20. The van der Waals surface area contributed by atoms with E-state index in [9.17, 15) is 5.11 Å². The standard InChI is InChI=1S/C22H37NO2/c1-6-18-10-11-23(13-19(18)7-2)14-20(24)15-25-22-12-17(5)8-9-21(22)16(3)4/h6-7,16-17,20-22,24H,1-2,8-15H2,3-5H3. The third-order valence-corrected chi connectivity index (χ3v) is 5.93. The maximum absolute atomic E-state index is 10.5. The van der Waals surface area contributed by atoms with Gasteiger partial charge in [-0.2, -0.15) is 0 Å². The zero-order valence-electron chi connectivity index (χ0n) is 16.4. The highest BCUT2D eigenvalue weighted by atomic mass is 16.5. The maximum atomic E-state index is 10.5. The molecular formula is C22H37NO2. The number of hydrogen-bond acceptors (Lipinski definition) is 3. The number of nitrogens with zero attached hydrogens (tertiary/aromatic N) is 1. The van der Waals surface area contributed by atoms with Crippen LogP contribution in [0.25, 0.3) is 0 Å². The van der Waals surface area contributed by atoms with Crippen molar-refractivity contribution < 1.29 is 9.84 Å². The third-order valence-electron chi connectivity index (χ3n) is 5.93. The summed E-state index contributed by atoms with van der Waals surface area (Å²) in [6.45, 7) is 17.6.